The molecule has 1 heterocycles. The van der Waals surface area contributed by atoms with Gasteiger partial charge in [-0.1, -0.05) is 6.07 Å². The van der Waals surface area contributed by atoms with Gasteiger partial charge in [0, 0.05) is 24.0 Å². The molecule has 1 aliphatic carbocycles. The summed E-state index contributed by atoms with van der Waals surface area (Å²) in [6.45, 7) is 0.395. The van der Waals surface area contributed by atoms with Crippen LogP contribution < -0.4 is 10.6 Å². The predicted octanol–water partition coefficient (Wildman–Crippen LogP) is 2.77. The van der Waals surface area contributed by atoms with Gasteiger partial charge in [0.15, 0.2) is 0 Å². The fraction of sp³-hybridized carbons (Fsp3) is 0.412. The standard InChI is InChI=1S/C17H21FN4OS/c1-24-10-13-6-14(18)3-2-11(13)8-19-17(23)21-15-4-5-16-12(7-15)9-20-22-16/h2-3,6,9,15H,4-5,7-8,10H2,1H3,(H,20,22)(H2,19,21,23)/t15-/m1/s1. The second kappa shape index (κ2) is 7.70. The third kappa shape index (κ3) is 4.08. The lowest BCUT2D eigenvalue weighted by Crippen LogP contribution is -2.44. The van der Waals surface area contributed by atoms with Crippen LogP contribution in [0.25, 0.3) is 0 Å². The Bertz CT molecular complexity index is 718. The highest BCUT2D eigenvalue weighted by molar-refractivity contribution is 7.97. The van der Waals surface area contributed by atoms with E-state index in [1.54, 1.807) is 17.8 Å². The summed E-state index contributed by atoms with van der Waals surface area (Å²) in [7, 11) is 0. The number of urea groups is 1. The zero-order valence-electron chi connectivity index (χ0n) is 13.6. The smallest absolute Gasteiger partial charge is 0.315 e. The molecule has 3 N–H and O–H groups in total. The van der Waals surface area contributed by atoms with E-state index in [0.29, 0.717) is 6.54 Å². The molecule has 0 unspecified atom stereocenters. The van der Waals surface area contributed by atoms with Crippen LogP contribution in [0.15, 0.2) is 24.4 Å². The van der Waals surface area contributed by atoms with Crippen molar-refractivity contribution in [3.8, 4) is 0 Å². The Hall–Kier alpha value is -2.02. The lowest BCUT2D eigenvalue weighted by atomic mass is 9.94. The number of nitrogens with one attached hydrogen (secondary N) is 3. The number of hydrogen-bond acceptors (Lipinski definition) is 3. The van der Waals surface area contributed by atoms with Gasteiger partial charge in [-0.2, -0.15) is 16.9 Å². The number of rotatable bonds is 5. The van der Waals surface area contributed by atoms with E-state index in [9.17, 15) is 9.18 Å². The van der Waals surface area contributed by atoms with Gasteiger partial charge in [0.2, 0.25) is 0 Å². The number of benzene rings is 1. The van der Waals surface area contributed by atoms with Crippen molar-refractivity contribution in [2.45, 2.75) is 37.6 Å². The lowest BCUT2D eigenvalue weighted by molar-refractivity contribution is 0.235. The van der Waals surface area contributed by atoms with Gasteiger partial charge >= 0.3 is 6.03 Å². The van der Waals surface area contributed by atoms with Crippen LogP contribution in [0.3, 0.4) is 0 Å². The summed E-state index contributed by atoms with van der Waals surface area (Å²) in [4.78, 5) is 12.1. The van der Waals surface area contributed by atoms with E-state index in [-0.39, 0.29) is 17.9 Å². The first-order valence-electron chi connectivity index (χ1n) is 7.97. The number of carbonyl (C=O) groups is 1. The van der Waals surface area contributed by atoms with Gasteiger partial charge in [-0.15, -0.1) is 0 Å². The van der Waals surface area contributed by atoms with Crippen molar-refractivity contribution in [3.05, 3.63) is 52.6 Å². The number of aryl methyl sites for hydroxylation is 1. The molecular formula is C17H21FN4OS. The van der Waals surface area contributed by atoms with Gasteiger partial charge in [-0.3, -0.25) is 5.10 Å². The van der Waals surface area contributed by atoms with Crippen LogP contribution >= 0.6 is 11.8 Å². The Kier molecular flexibility index (Phi) is 5.40. The van der Waals surface area contributed by atoms with Crippen molar-refractivity contribution >= 4 is 17.8 Å². The Labute approximate surface area is 144 Å². The highest BCUT2D eigenvalue weighted by Crippen LogP contribution is 2.19. The topological polar surface area (TPSA) is 69.8 Å². The summed E-state index contributed by atoms with van der Waals surface area (Å²) >= 11 is 1.63. The van der Waals surface area contributed by atoms with Gasteiger partial charge in [0.1, 0.15) is 5.82 Å². The largest absolute Gasteiger partial charge is 0.335 e. The molecule has 1 aromatic carbocycles. The number of H-pyrrole nitrogens is 1. The molecule has 128 valence electrons. The molecule has 1 atom stereocenters. The molecule has 5 nitrogen and oxygen atoms in total. The van der Waals surface area contributed by atoms with Crippen LogP contribution in [0.4, 0.5) is 9.18 Å². The number of amides is 2. The molecule has 0 bridgehead atoms. The van der Waals surface area contributed by atoms with Gasteiger partial charge in [0.05, 0.1) is 6.20 Å². The summed E-state index contributed by atoms with van der Waals surface area (Å²) in [6, 6.07) is 4.63. The van der Waals surface area contributed by atoms with Gasteiger partial charge in [-0.25, -0.2) is 9.18 Å². The number of carbonyl (C=O) groups excluding carboxylic acids is 1. The van der Waals surface area contributed by atoms with E-state index in [0.717, 1.165) is 36.1 Å². The van der Waals surface area contributed by atoms with Crippen LogP contribution in [-0.4, -0.2) is 28.5 Å². The second-order valence-corrected chi connectivity index (χ2v) is 6.85. The van der Waals surface area contributed by atoms with Crippen LogP contribution in [0.5, 0.6) is 0 Å². The van der Waals surface area contributed by atoms with Crippen molar-refractivity contribution in [3.63, 3.8) is 0 Å². The maximum atomic E-state index is 13.4. The number of hydrogen-bond donors (Lipinski definition) is 3. The average molecular weight is 348 g/mol. The minimum Gasteiger partial charge on any atom is -0.335 e. The van der Waals surface area contributed by atoms with E-state index < -0.39 is 0 Å². The lowest BCUT2D eigenvalue weighted by Gasteiger charge is -2.23. The molecule has 7 heteroatoms. The first kappa shape index (κ1) is 16.8. The zero-order valence-corrected chi connectivity index (χ0v) is 14.4. The third-order valence-electron chi connectivity index (χ3n) is 4.26. The Morgan fingerprint density at radius 3 is 3.17 bits per heavy atom. The number of halogens is 1. The first-order chi connectivity index (χ1) is 11.7. The summed E-state index contributed by atoms with van der Waals surface area (Å²) in [5.74, 6) is 0.479. The van der Waals surface area contributed by atoms with Crippen LogP contribution in [0.1, 0.15) is 28.8 Å². The molecule has 1 aromatic heterocycles. The molecule has 3 rings (SSSR count). The van der Waals surface area contributed by atoms with Crippen molar-refractivity contribution in [2.75, 3.05) is 6.26 Å². The molecule has 0 aliphatic heterocycles. The first-order valence-corrected chi connectivity index (χ1v) is 9.37. The number of aromatic amines is 1. The normalized spacial score (nSPS) is 16.5. The van der Waals surface area contributed by atoms with Gasteiger partial charge in [-0.05, 0) is 54.3 Å². The number of aromatic nitrogens is 2. The van der Waals surface area contributed by atoms with Crippen molar-refractivity contribution in [1.29, 1.82) is 0 Å². The van der Waals surface area contributed by atoms with E-state index in [4.69, 9.17) is 0 Å². The van der Waals surface area contributed by atoms with E-state index in [1.165, 1.54) is 23.4 Å². The van der Waals surface area contributed by atoms with E-state index >= 15 is 0 Å². The molecule has 0 saturated carbocycles. The molecule has 24 heavy (non-hydrogen) atoms. The minimum atomic E-state index is -0.245. The number of thioether (sulfide) groups is 1. The molecular weight excluding hydrogens is 327 g/mol. The minimum absolute atomic E-state index is 0.119. The summed E-state index contributed by atoms with van der Waals surface area (Å²) in [6.07, 6.45) is 6.40. The second-order valence-electron chi connectivity index (χ2n) is 5.99. The predicted molar refractivity (Wildman–Crippen MR) is 93.4 cm³/mol. The summed E-state index contributed by atoms with van der Waals surface area (Å²) in [5, 5.41) is 12.9. The SMILES string of the molecule is CSCc1cc(F)ccc1CNC(=O)N[C@@H]1CCc2[nH]ncc2C1. The summed E-state index contributed by atoms with van der Waals surface area (Å²) in [5.41, 5.74) is 4.21. The molecule has 2 aromatic rings. The van der Waals surface area contributed by atoms with Crippen LogP contribution in [-0.2, 0) is 25.1 Å². The average Bonchev–Trinajstić information content (AvgIpc) is 3.02. The highest BCUT2D eigenvalue weighted by atomic mass is 32.2. The van der Waals surface area contributed by atoms with Crippen molar-refractivity contribution in [1.82, 2.24) is 20.8 Å². The van der Waals surface area contributed by atoms with E-state index in [1.807, 2.05) is 12.5 Å². The molecule has 0 spiro atoms. The van der Waals surface area contributed by atoms with Gasteiger partial charge in [0.25, 0.3) is 0 Å². The maximum Gasteiger partial charge on any atom is 0.315 e. The zero-order chi connectivity index (χ0) is 16.9. The molecule has 0 saturated heterocycles. The van der Waals surface area contributed by atoms with Crippen LogP contribution in [0, 0.1) is 5.82 Å². The molecule has 1 aliphatic rings. The highest BCUT2D eigenvalue weighted by Gasteiger charge is 2.21. The van der Waals surface area contributed by atoms with Crippen molar-refractivity contribution in [2.24, 2.45) is 0 Å². The quantitative estimate of drug-likeness (QED) is 0.778. The molecule has 0 radical (unpaired) electrons. The maximum absolute atomic E-state index is 13.4. The Morgan fingerprint density at radius 2 is 2.33 bits per heavy atom. The molecule has 2 amide bonds. The summed E-state index contributed by atoms with van der Waals surface area (Å²) < 4.78 is 13.4. The third-order valence-corrected chi connectivity index (χ3v) is 4.86. The molecule has 0 fully saturated rings. The fourth-order valence-electron chi connectivity index (χ4n) is 3.01. The van der Waals surface area contributed by atoms with Crippen molar-refractivity contribution < 1.29 is 9.18 Å². The Balaban J connectivity index is 1.53. The van der Waals surface area contributed by atoms with Crippen LogP contribution in [0.2, 0.25) is 0 Å². The Morgan fingerprint density at radius 1 is 1.46 bits per heavy atom. The van der Waals surface area contributed by atoms with E-state index in [2.05, 4.69) is 20.8 Å². The monoisotopic (exact) mass is 348 g/mol. The van der Waals surface area contributed by atoms with Gasteiger partial charge < -0.3 is 10.6 Å². The number of fused-ring (bicyclic) bond motifs is 1. The fourth-order valence-corrected chi connectivity index (χ4v) is 3.59. The number of nitrogens with zero attached hydrogens (tertiary/aromatic N) is 1.